The van der Waals surface area contributed by atoms with Crippen LogP contribution in [0, 0.1) is 0 Å². The number of hydrogen-bond acceptors (Lipinski definition) is 2. The number of anilines is 1. The van der Waals surface area contributed by atoms with E-state index in [4.69, 9.17) is 4.74 Å². The van der Waals surface area contributed by atoms with Crippen LogP contribution in [0.4, 0.5) is 10.5 Å². The van der Waals surface area contributed by atoms with E-state index in [1.54, 1.807) is 12.0 Å². The van der Waals surface area contributed by atoms with E-state index >= 15 is 0 Å². The molecule has 2 heterocycles. The van der Waals surface area contributed by atoms with Gasteiger partial charge in [0.1, 0.15) is 5.75 Å². The quantitative estimate of drug-likeness (QED) is 0.723. The second kappa shape index (κ2) is 7.71. The summed E-state index contributed by atoms with van der Waals surface area (Å²) in [6, 6.07) is 8.87. The molecule has 2 unspecified atom stereocenters. The van der Waals surface area contributed by atoms with Crippen LogP contribution < -0.4 is 20.3 Å². The maximum atomic E-state index is 12.4. The molecule has 5 heteroatoms. The first-order valence-corrected chi connectivity index (χ1v) is 8.88. The molecule has 130 valence electrons. The van der Waals surface area contributed by atoms with Gasteiger partial charge in [-0.15, -0.1) is 0 Å². The van der Waals surface area contributed by atoms with Gasteiger partial charge in [0.05, 0.1) is 31.4 Å². The monoisotopic (exact) mass is 330 g/mol. The summed E-state index contributed by atoms with van der Waals surface area (Å²) in [5, 5.41) is 6.08. The molecule has 3 rings (SSSR count). The Morgan fingerprint density at radius 3 is 2.71 bits per heavy atom. The molecule has 2 amide bonds. The minimum absolute atomic E-state index is 0.144. The Kier molecular flexibility index (Phi) is 5.41. The van der Waals surface area contributed by atoms with Gasteiger partial charge in [-0.25, -0.2) is 4.79 Å². The Bertz CT molecular complexity index is 576. The number of rotatable bonds is 5. The summed E-state index contributed by atoms with van der Waals surface area (Å²) in [6.45, 7) is 4.94. The number of benzene rings is 1. The van der Waals surface area contributed by atoms with Crippen LogP contribution in [0.15, 0.2) is 36.9 Å². The number of hydrogen-bond donors (Lipinski definition) is 3. The molecule has 2 saturated heterocycles. The first-order valence-electron chi connectivity index (χ1n) is 8.88. The second-order valence-electron chi connectivity index (χ2n) is 6.86. The summed E-state index contributed by atoms with van der Waals surface area (Å²) >= 11 is 0. The number of para-hydroxylation sites is 2. The molecule has 0 radical (unpaired) electrons. The van der Waals surface area contributed by atoms with E-state index in [9.17, 15) is 4.79 Å². The summed E-state index contributed by atoms with van der Waals surface area (Å²) in [5.74, 6) is 0.676. The molecule has 0 saturated carbocycles. The fourth-order valence-corrected chi connectivity index (χ4v) is 4.35. The lowest BCUT2D eigenvalue weighted by Crippen LogP contribution is -3.21. The average Bonchev–Trinajstić information content (AvgIpc) is 2.56. The minimum Gasteiger partial charge on any atom is -0.495 e. The van der Waals surface area contributed by atoms with Crippen LogP contribution in [-0.4, -0.2) is 37.8 Å². The third kappa shape index (κ3) is 3.73. The fraction of sp³-hybridized carbons (Fsp3) is 0.526. The van der Waals surface area contributed by atoms with E-state index in [0.717, 1.165) is 19.4 Å². The van der Waals surface area contributed by atoms with Gasteiger partial charge in [0, 0.05) is 18.9 Å². The molecule has 2 bridgehead atoms. The van der Waals surface area contributed by atoms with E-state index in [1.807, 2.05) is 30.3 Å². The van der Waals surface area contributed by atoms with Gasteiger partial charge in [0.15, 0.2) is 0 Å². The predicted molar refractivity (Wildman–Crippen MR) is 95.6 cm³/mol. The van der Waals surface area contributed by atoms with Crippen LogP contribution in [0.5, 0.6) is 5.75 Å². The standard InChI is InChI=1S/C19H27N3O2/c1-3-11-22-15-7-6-8-16(22)13-14(12-15)20-19(23)21-17-9-4-5-10-18(17)24-2/h3-5,9-10,14-16H,1,6-8,11-13H2,2H3,(H2,20,21,23)/p+1/t14?,15-,16+. The van der Waals surface area contributed by atoms with Crippen molar-refractivity contribution in [1.29, 1.82) is 0 Å². The highest BCUT2D eigenvalue weighted by molar-refractivity contribution is 5.91. The number of ether oxygens (including phenoxy) is 1. The van der Waals surface area contributed by atoms with Gasteiger partial charge in [-0.3, -0.25) is 0 Å². The third-order valence-corrected chi connectivity index (χ3v) is 5.36. The van der Waals surface area contributed by atoms with Gasteiger partial charge in [-0.2, -0.15) is 0 Å². The van der Waals surface area contributed by atoms with Crippen LogP contribution in [0.2, 0.25) is 0 Å². The zero-order valence-electron chi connectivity index (χ0n) is 14.4. The lowest BCUT2D eigenvalue weighted by atomic mass is 9.82. The highest BCUT2D eigenvalue weighted by atomic mass is 16.5. The van der Waals surface area contributed by atoms with Crippen LogP contribution >= 0.6 is 0 Å². The van der Waals surface area contributed by atoms with Crippen LogP contribution in [0.25, 0.3) is 0 Å². The molecule has 2 fully saturated rings. The van der Waals surface area contributed by atoms with Gasteiger partial charge in [0.25, 0.3) is 0 Å². The summed E-state index contributed by atoms with van der Waals surface area (Å²) < 4.78 is 5.28. The normalized spacial score (nSPS) is 28.7. The van der Waals surface area contributed by atoms with Crippen molar-refractivity contribution < 1.29 is 14.4 Å². The summed E-state index contributed by atoms with van der Waals surface area (Å²) in [4.78, 5) is 14.0. The SMILES string of the molecule is C=CC[NH+]1[C@@H]2CCC[C@H]1CC(NC(=O)Nc1ccccc1OC)C2. The summed E-state index contributed by atoms with van der Waals surface area (Å²) in [7, 11) is 1.61. The molecule has 1 aromatic rings. The highest BCUT2D eigenvalue weighted by Crippen LogP contribution is 2.24. The lowest BCUT2D eigenvalue weighted by molar-refractivity contribution is -0.955. The van der Waals surface area contributed by atoms with Crippen LogP contribution in [0.1, 0.15) is 32.1 Å². The van der Waals surface area contributed by atoms with Crippen molar-refractivity contribution in [3.05, 3.63) is 36.9 Å². The number of carbonyl (C=O) groups is 1. The average molecular weight is 330 g/mol. The largest absolute Gasteiger partial charge is 0.495 e. The molecule has 4 atom stereocenters. The Hall–Kier alpha value is -2.01. The molecule has 1 aromatic carbocycles. The summed E-state index contributed by atoms with van der Waals surface area (Å²) in [6.07, 6.45) is 7.97. The first kappa shape index (κ1) is 16.8. The van der Waals surface area contributed by atoms with Crippen molar-refractivity contribution in [2.24, 2.45) is 0 Å². The Labute approximate surface area is 144 Å². The Morgan fingerprint density at radius 2 is 2.04 bits per heavy atom. The van der Waals surface area contributed by atoms with Crippen molar-refractivity contribution in [2.45, 2.75) is 50.2 Å². The fourth-order valence-electron chi connectivity index (χ4n) is 4.35. The number of fused-ring (bicyclic) bond motifs is 2. The van der Waals surface area contributed by atoms with Crippen molar-refractivity contribution in [1.82, 2.24) is 5.32 Å². The maximum absolute atomic E-state index is 12.4. The van der Waals surface area contributed by atoms with E-state index in [1.165, 1.54) is 19.3 Å². The first-order chi connectivity index (χ1) is 11.7. The third-order valence-electron chi connectivity index (χ3n) is 5.36. The molecule has 3 N–H and O–H groups in total. The smallest absolute Gasteiger partial charge is 0.319 e. The lowest BCUT2D eigenvalue weighted by Gasteiger charge is -2.45. The van der Waals surface area contributed by atoms with Gasteiger partial charge >= 0.3 is 6.03 Å². The van der Waals surface area contributed by atoms with Crippen molar-refractivity contribution in [2.75, 3.05) is 19.0 Å². The van der Waals surface area contributed by atoms with Crippen LogP contribution in [0.3, 0.4) is 0 Å². The molecule has 2 aliphatic rings. The second-order valence-corrected chi connectivity index (χ2v) is 6.86. The minimum atomic E-state index is -0.144. The van der Waals surface area contributed by atoms with E-state index in [-0.39, 0.29) is 12.1 Å². The highest BCUT2D eigenvalue weighted by Gasteiger charge is 2.41. The zero-order chi connectivity index (χ0) is 16.9. The van der Waals surface area contributed by atoms with Crippen molar-refractivity contribution in [3.63, 3.8) is 0 Å². The number of methoxy groups -OCH3 is 1. The topological polar surface area (TPSA) is 54.8 Å². The van der Waals surface area contributed by atoms with E-state index in [0.29, 0.717) is 23.5 Å². The molecular weight excluding hydrogens is 302 g/mol. The molecule has 5 nitrogen and oxygen atoms in total. The number of piperidine rings is 2. The maximum Gasteiger partial charge on any atom is 0.319 e. The number of urea groups is 1. The van der Waals surface area contributed by atoms with Crippen molar-refractivity contribution >= 4 is 11.7 Å². The summed E-state index contributed by atoms with van der Waals surface area (Å²) in [5.41, 5.74) is 0.701. The number of amides is 2. The van der Waals surface area contributed by atoms with Gasteiger partial charge in [0.2, 0.25) is 0 Å². The van der Waals surface area contributed by atoms with Gasteiger partial charge < -0.3 is 20.3 Å². The Morgan fingerprint density at radius 1 is 1.33 bits per heavy atom. The molecule has 2 aliphatic heterocycles. The van der Waals surface area contributed by atoms with E-state index < -0.39 is 0 Å². The van der Waals surface area contributed by atoms with Crippen LogP contribution in [-0.2, 0) is 0 Å². The zero-order valence-corrected chi connectivity index (χ0v) is 14.4. The van der Waals surface area contributed by atoms with Gasteiger partial charge in [-0.1, -0.05) is 18.7 Å². The van der Waals surface area contributed by atoms with Crippen molar-refractivity contribution in [3.8, 4) is 5.75 Å². The molecule has 0 spiro atoms. The predicted octanol–water partition coefficient (Wildman–Crippen LogP) is 1.97. The number of carbonyl (C=O) groups excluding carboxylic acids is 1. The van der Waals surface area contributed by atoms with E-state index in [2.05, 4.69) is 17.2 Å². The molecule has 0 aliphatic carbocycles. The number of nitrogens with one attached hydrogen (secondary N) is 3. The Balaban J connectivity index is 1.58. The molecule has 24 heavy (non-hydrogen) atoms. The molecular formula is C19H28N3O2+. The van der Waals surface area contributed by atoms with Gasteiger partial charge in [-0.05, 0) is 37.5 Å². The number of quaternary nitrogens is 1. The molecule has 0 aromatic heterocycles.